The molecule has 3 rings (SSSR count). The summed E-state index contributed by atoms with van der Waals surface area (Å²) in [4.78, 5) is 37.5. The van der Waals surface area contributed by atoms with Crippen LogP contribution >= 0.6 is 11.6 Å². The monoisotopic (exact) mass is 424 g/mol. The van der Waals surface area contributed by atoms with E-state index in [1.54, 1.807) is 31.2 Å². The van der Waals surface area contributed by atoms with E-state index in [-0.39, 0.29) is 11.6 Å². The number of anilines is 2. The molecule has 0 radical (unpaired) electrons. The SMILES string of the molecule is CC[C@@H](C(=O)Nc1ccc(Cl)cc1)n1nc(-c2ccccc2)cc(NC(C)=O)c1=O. The summed E-state index contributed by atoms with van der Waals surface area (Å²) in [5.41, 5.74) is 1.29. The molecule has 1 aromatic heterocycles. The van der Waals surface area contributed by atoms with Crippen LogP contribution in [0.5, 0.6) is 0 Å². The van der Waals surface area contributed by atoms with Crippen LogP contribution in [0, 0.1) is 0 Å². The lowest BCUT2D eigenvalue weighted by atomic mass is 10.1. The maximum absolute atomic E-state index is 13.0. The number of nitrogens with zero attached hydrogens (tertiary/aromatic N) is 2. The van der Waals surface area contributed by atoms with Gasteiger partial charge in [-0.2, -0.15) is 5.10 Å². The van der Waals surface area contributed by atoms with E-state index >= 15 is 0 Å². The van der Waals surface area contributed by atoms with Gasteiger partial charge in [0.25, 0.3) is 5.56 Å². The zero-order valence-electron chi connectivity index (χ0n) is 16.6. The fourth-order valence-electron chi connectivity index (χ4n) is 2.98. The molecule has 3 aromatic rings. The molecule has 0 fully saturated rings. The van der Waals surface area contributed by atoms with E-state index in [9.17, 15) is 14.4 Å². The van der Waals surface area contributed by atoms with E-state index in [1.165, 1.54) is 13.0 Å². The quantitative estimate of drug-likeness (QED) is 0.622. The van der Waals surface area contributed by atoms with E-state index in [2.05, 4.69) is 15.7 Å². The highest BCUT2D eigenvalue weighted by Gasteiger charge is 2.24. The Morgan fingerprint density at radius 1 is 1.07 bits per heavy atom. The molecule has 0 aliphatic heterocycles. The lowest BCUT2D eigenvalue weighted by Gasteiger charge is -2.19. The van der Waals surface area contributed by atoms with Crippen LogP contribution in [0.25, 0.3) is 11.3 Å². The third-order valence-corrected chi connectivity index (χ3v) is 4.66. The topological polar surface area (TPSA) is 93.1 Å². The number of amides is 2. The minimum Gasteiger partial charge on any atom is -0.324 e. The number of benzene rings is 2. The fourth-order valence-corrected chi connectivity index (χ4v) is 3.11. The molecule has 2 aromatic carbocycles. The molecule has 1 heterocycles. The average Bonchev–Trinajstić information content (AvgIpc) is 2.73. The molecule has 154 valence electrons. The molecular weight excluding hydrogens is 404 g/mol. The zero-order valence-corrected chi connectivity index (χ0v) is 17.3. The summed E-state index contributed by atoms with van der Waals surface area (Å²) in [5, 5.41) is 10.3. The van der Waals surface area contributed by atoms with Gasteiger partial charge in [-0.15, -0.1) is 0 Å². The van der Waals surface area contributed by atoms with Gasteiger partial charge in [-0.1, -0.05) is 48.9 Å². The third-order valence-electron chi connectivity index (χ3n) is 4.41. The van der Waals surface area contributed by atoms with Crippen molar-refractivity contribution >= 4 is 34.8 Å². The van der Waals surface area contributed by atoms with Crippen molar-refractivity contribution in [3.8, 4) is 11.3 Å². The molecule has 8 heteroatoms. The first-order valence-electron chi connectivity index (χ1n) is 9.42. The number of hydrogen-bond acceptors (Lipinski definition) is 4. The van der Waals surface area contributed by atoms with Gasteiger partial charge < -0.3 is 10.6 Å². The number of carbonyl (C=O) groups is 2. The van der Waals surface area contributed by atoms with E-state index in [4.69, 9.17) is 11.6 Å². The second-order valence-electron chi connectivity index (χ2n) is 6.66. The molecule has 0 aliphatic rings. The Hall–Kier alpha value is -3.45. The summed E-state index contributed by atoms with van der Waals surface area (Å²) in [6, 6.07) is 16.5. The lowest BCUT2D eigenvalue weighted by Crippen LogP contribution is -2.36. The maximum atomic E-state index is 13.0. The lowest BCUT2D eigenvalue weighted by molar-refractivity contribution is -0.119. The molecule has 2 N–H and O–H groups in total. The first kappa shape index (κ1) is 21.3. The standard InChI is InChI=1S/C22H21ClN4O3/c1-3-20(21(29)25-17-11-9-16(23)10-12-17)27-22(30)19(24-14(2)28)13-18(26-27)15-7-5-4-6-8-15/h4-13,20H,3H2,1-2H3,(H,24,28)(H,25,29)/t20-/m0/s1. The second-order valence-corrected chi connectivity index (χ2v) is 7.10. The molecule has 0 spiro atoms. The summed E-state index contributed by atoms with van der Waals surface area (Å²) in [6.45, 7) is 3.10. The normalized spacial score (nSPS) is 11.6. The summed E-state index contributed by atoms with van der Waals surface area (Å²) in [6.07, 6.45) is 0.323. The van der Waals surface area contributed by atoms with E-state index in [0.29, 0.717) is 22.8 Å². The van der Waals surface area contributed by atoms with Gasteiger partial charge in [0.15, 0.2) is 0 Å². The highest BCUT2D eigenvalue weighted by molar-refractivity contribution is 6.30. The van der Waals surface area contributed by atoms with Crippen molar-refractivity contribution in [3.05, 3.63) is 76.0 Å². The largest absolute Gasteiger partial charge is 0.324 e. The number of halogens is 1. The Morgan fingerprint density at radius 2 is 1.73 bits per heavy atom. The molecule has 7 nitrogen and oxygen atoms in total. The molecule has 0 saturated heterocycles. The molecule has 0 unspecified atom stereocenters. The second kappa shape index (κ2) is 9.37. The van der Waals surface area contributed by atoms with Gasteiger partial charge in [0.05, 0.1) is 5.69 Å². The predicted octanol–water partition coefficient (Wildman–Crippen LogP) is 4.11. The van der Waals surface area contributed by atoms with E-state index in [1.807, 2.05) is 30.3 Å². The average molecular weight is 425 g/mol. The minimum atomic E-state index is -0.871. The number of hydrogen-bond donors (Lipinski definition) is 2. The Bertz CT molecular complexity index is 1110. The molecule has 0 saturated carbocycles. The number of rotatable bonds is 6. The summed E-state index contributed by atoms with van der Waals surface area (Å²) in [7, 11) is 0. The van der Waals surface area contributed by atoms with Crippen LogP contribution in [0.4, 0.5) is 11.4 Å². The smallest absolute Gasteiger partial charge is 0.291 e. The van der Waals surface area contributed by atoms with Crippen LogP contribution in [0.3, 0.4) is 0 Å². The van der Waals surface area contributed by atoms with Gasteiger partial charge in [0, 0.05) is 23.2 Å². The van der Waals surface area contributed by atoms with Gasteiger partial charge in [0.1, 0.15) is 11.7 Å². The summed E-state index contributed by atoms with van der Waals surface area (Å²) in [5.74, 6) is -0.782. The first-order valence-corrected chi connectivity index (χ1v) is 9.80. The van der Waals surface area contributed by atoms with Crippen molar-refractivity contribution in [2.24, 2.45) is 0 Å². The molecule has 0 bridgehead atoms. The van der Waals surface area contributed by atoms with Gasteiger partial charge in [-0.3, -0.25) is 14.4 Å². The predicted molar refractivity (Wildman–Crippen MR) is 118 cm³/mol. The zero-order chi connectivity index (χ0) is 21.7. The Morgan fingerprint density at radius 3 is 2.33 bits per heavy atom. The van der Waals surface area contributed by atoms with Gasteiger partial charge in [-0.25, -0.2) is 4.68 Å². The van der Waals surface area contributed by atoms with Crippen LogP contribution in [0.1, 0.15) is 26.3 Å². The number of aromatic nitrogens is 2. The molecule has 0 aliphatic carbocycles. The summed E-state index contributed by atoms with van der Waals surface area (Å²) >= 11 is 5.89. The number of nitrogens with one attached hydrogen (secondary N) is 2. The fraction of sp³-hybridized carbons (Fsp3) is 0.182. The van der Waals surface area contributed by atoms with Gasteiger partial charge in [-0.05, 0) is 36.8 Å². The highest BCUT2D eigenvalue weighted by atomic mass is 35.5. The van der Waals surface area contributed by atoms with Crippen LogP contribution in [-0.4, -0.2) is 21.6 Å². The van der Waals surface area contributed by atoms with Crippen molar-refractivity contribution in [2.45, 2.75) is 26.3 Å². The maximum Gasteiger partial charge on any atom is 0.291 e. The van der Waals surface area contributed by atoms with Crippen molar-refractivity contribution in [1.29, 1.82) is 0 Å². The Balaban J connectivity index is 2.04. The van der Waals surface area contributed by atoms with E-state index in [0.717, 1.165) is 10.2 Å². The molecule has 30 heavy (non-hydrogen) atoms. The highest BCUT2D eigenvalue weighted by Crippen LogP contribution is 2.21. The van der Waals surface area contributed by atoms with Crippen LogP contribution in [-0.2, 0) is 9.59 Å². The first-order chi connectivity index (χ1) is 14.4. The Labute approximate surface area is 178 Å². The summed E-state index contributed by atoms with van der Waals surface area (Å²) < 4.78 is 1.12. The molecular formula is C22H21ClN4O3. The van der Waals surface area contributed by atoms with Crippen LogP contribution < -0.4 is 16.2 Å². The van der Waals surface area contributed by atoms with Gasteiger partial charge >= 0.3 is 0 Å². The van der Waals surface area contributed by atoms with Crippen LogP contribution in [0.15, 0.2) is 65.5 Å². The molecule has 2 amide bonds. The van der Waals surface area contributed by atoms with Crippen molar-refractivity contribution in [3.63, 3.8) is 0 Å². The van der Waals surface area contributed by atoms with Gasteiger partial charge in [0.2, 0.25) is 11.8 Å². The third kappa shape index (κ3) is 4.93. The van der Waals surface area contributed by atoms with Crippen molar-refractivity contribution < 1.29 is 9.59 Å². The van der Waals surface area contributed by atoms with Crippen molar-refractivity contribution in [2.75, 3.05) is 10.6 Å². The van der Waals surface area contributed by atoms with E-state index < -0.39 is 17.5 Å². The van der Waals surface area contributed by atoms with Crippen LogP contribution in [0.2, 0.25) is 5.02 Å². The number of carbonyl (C=O) groups excluding carboxylic acids is 2. The molecule has 1 atom stereocenters. The van der Waals surface area contributed by atoms with Crippen molar-refractivity contribution in [1.82, 2.24) is 9.78 Å². The minimum absolute atomic E-state index is 0.0640. The Kier molecular flexibility index (Phi) is 6.64.